The third-order valence-electron chi connectivity index (χ3n) is 0.376. The van der Waals surface area contributed by atoms with Gasteiger partial charge in [0.1, 0.15) is 0 Å². The summed E-state index contributed by atoms with van der Waals surface area (Å²) in [5, 5.41) is 6.32. The maximum absolute atomic E-state index is 5.31. The molecule has 0 aromatic heterocycles. The smallest absolute Gasteiger partial charge is 0.141 e. The normalized spacial score (nSPS) is 26.8. The highest BCUT2D eigenvalue weighted by atomic mass is 35.5. The fourth-order valence-corrected chi connectivity index (χ4v) is 0.107. The van der Waals surface area contributed by atoms with Gasteiger partial charge in [-0.15, -0.1) is 10.2 Å². The number of alkyl halides is 1. The van der Waals surface area contributed by atoms with E-state index in [4.69, 9.17) is 11.6 Å². The molecule has 0 fully saturated rings. The molecule has 1 rings (SSSR count). The Hall–Kier alpha value is -0.110. The van der Waals surface area contributed by atoms with Crippen molar-refractivity contribution in [1.29, 1.82) is 0 Å². The van der Waals surface area contributed by atoms with Crippen LogP contribution in [-0.2, 0) is 0 Å². The minimum Gasteiger partial charge on any atom is -0.141 e. The quantitative estimate of drug-likeness (QED) is 0.317. The van der Waals surface area contributed by atoms with Gasteiger partial charge in [0.25, 0.3) is 5.12 Å². The molecule has 5 heavy (non-hydrogen) atoms. The molecule has 0 atom stereocenters. The lowest BCUT2D eigenvalue weighted by molar-refractivity contribution is 0.960. The third-order valence-corrected chi connectivity index (χ3v) is 0.527. The van der Waals surface area contributed by atoms with E-state index >= 15 is 0 Å². The van der Waals surface area contributed by atoms with Crippen LogP contribution in [0.5, 0.6) is 0 Å². The Morgan fingerprint density at radius 1 is 1.60 bits per heavy atom. The van der Waals surface area contributed by atoms with Crippen molar-refractivity contribution in [2.24, 2.45) is 10.2 Å². The lowest BCUT2D eigenvalue weighted by Gasteiger charge is -1.76. The van der Waals surface area contributed by atoms with Gasteiger partial charge in [0.2, 0.25) is 0 Å². The van der Waals surface area contributed by atoms with Crippen molar-refractivity contribution >= 4 is 11.6 Å². The van der Waals surface area contributed by atoms with E-state index in [1.807, 2.05) is 0 Å². The molecule has 1 heterocycles. The van der Waals surface area contributed by atoms with E-state index < -0.39 is 5.12 Å². The van der Waals surface area contributed by atoms with E-state index in [1.54, 1.807) is 6.92 Å². The van der Waals surface area contributed by atoms with Crippen LogP contribution in [0.25, 0.3) is 0 Å². The maximum atomic E-state index is 5.31. The predicted octanol–water partition coefficient (Wildman–Crippen LogP) is 1.36. The number of halogens is 1. The Balaban J connectivity index is 2.47. The van der Waals surface area contributed by atoms with Crippen molar-refractivity contribution in [1.82, 2.24) is 0 Å². The van der Waals surface area contributed by atoms with E-state index in [9.17, 15) is 0 Å². The molecule has 1 aliphatic heterocycles. The van der Waals surface area contributed by atoms with Crippen molar-refractivity contribution in [2.75, 3.05) is 0 Å². The predicted molar refractivity (Wildman–Crippen MR) is 19.1 cm³/mol. The molecular formula is C2H3ClN2. The molecule has 1 aliphatic rings. The minimum absolute atomic E-state index is 0.528. The molecule has 0 aromatic carbocycles. The second kappa shape index (κ2) is 0.522. The summed E-state index contributed by atoms with van der Waals surface area (Å²) in [6.45, 7) is 1.73. The van der Waals surface area contributed by atoms with Gasteiger partial charge in [-0.2, -0.15) is 0 Å². The van der Waals surface area contributed by atoms with Crippen molar-refractivity contribution < 1.29 is 0 Å². The van der Waals surface area contributed by atoms with Crippen molar-refractivity contribution in [3.8, 4) is 0 Å². The van der Waals surface area contributed by atoms with Crippen LogP contribution >= 0.6 is 11.6 Å². The van der Waals surface area contributed by atoms with Gasteiger partial charge in [0.15, 0.2) is 0 Å². The number of hydrogen-bond acceptors (Lipinski definition) is 2. The van der Waals surface area contributed by atoms with Gasteiger partial charge in [-0.25, -0.2) is 0 Å². The largest absolute Gasteiger partial charge is 0.260 e. The van der Waals surface area contributed by atoms with Crippen LogP contribution in [0, 0.1) is 0 Å². The van der Waals surface area contributed by atoms with Crippen LogP contribution in [0.2, 0.25) is 0 Å². The highest BCUT2D eigenvalue weighted by Gasteiger charge is 2.29. The molecule has 0 saturated heterocycles. The first kappa shape index (κ1) is 3.09. The Bertz CT molecular complexity index is 67.7. The summed E-state index contributed by atoms with van der Waals surface area (Å²) in [7, 11) is 0. The van der Waals surface area contributed by atoms with Gasteiger partial charge in [-0.3, -0.25) is 0 Å². The highest BCUT2D eigenvalue weighted by Crippen LogP contribution is 2.30. The Morgan fingerprint density at radius 2 is 1.80 bits per heavy atom. The third kappa shape index (κ3) is 0.581. The Kier molecular flexibility index (Phi) is 0.323. The maximum Gasteiger partial charge on any atom is 0.260 e. The van der Waals surface area contributed by atoms with E-state index in [2.05, 4.69) is 10.2 Å². The van der Waals surface area contributed by atoms with E-state index in [0.29, 0.717) is 0 Å². The molecule has 0 aliphatic carbocycles. The molecular weight excluding hydrogens is 87.5 g/mol. The highest BCUT2D eigenvalue weighted by molar-refractivity contribution is 6.24. The molecule has 0 amide bonds. The van der Waals surface area contributed by atoms with Gasteiger partial charge in [-0.05, 0) is 6.92 Å². The van der Waals surface area contributed by atoms with Crippen molar-refractivity contribution in [2.45, 2.75) is 12.0 Å². The molecule has 0 bridgehead atoms. The molecule has 0 aromatic rings. The first-order chi connectivity index (χ1) is 2.21. The van der Waals surface area contributed by atoms with E-state index in [0.717, 1.165) is 0 Å². The van der Waals surface area contributed by atoms with Crippen LogP contribution < -0.4 is 0 Å². The van der Waals surface area contributed by atoms with Crippen LogP contribution in [0.4, 0.5) is 0 Å². The van der Waals surface area contributed by atoms with Gasteiger partial charge in [-0.1, -0.05) is 11.6 Å². The average molecular weight is 90.5 g/mol. The molecule has 0 radical (unpaired) electrons. The summed E-state index contributed by atoms with van der Waals surface area (Å²) >= 11 is 5.31. The van der Waals surface area contributed by atoms with Crippen LogP contribution in [-0.4, -0.2) is 5.12 Å². The number of rotatable bonds is 0. The van der Waals surface area contributed by atoms with Gasteiger partial charge in [0.05, 0.1) is 0 Å². The van der Waals surface area contributed by atoms with Crippen LogP contribution in [0.15, 0.2) is 10.2 Å². The molecule has 0 spiro atoms. The fourth-order valence-electron chi connectivity index (χ4n) is 0.0689. The van der Waals surface area contributed by atoms with Gasteiger partial charge in [0, 0.05) is 0 Å². The summed E-state index contributed by atoms with van der Waals surface area (Å²) in [5.41, 5.74) is 0. The Labute approximate surface area is 34.8 Å². The summed E-state index contributed by atoms with van der Waals surface area (Å²) < 4.78 is 0. The fraction of sp³-hybridized carbons (Fsp3) is 1.00. The lowest BCUT2D eigenvalue weighted by atomic mass is 10.7. The zero-order valence-electron chi connectivity index (χ0n) is 2.77. The van der Waals surface area contributed by atoms with E-state index in [1.165, 1.54) is 0 Å². The summed E-state index contributed by atoms with van der Waals surface area (Å²) in [5.74, 6) is 0. The summed E-state index contributed by atoms with van der Waals surface area (Å²) in [4.78, 5) is 0. The molecule has 0 N–H and O–H groups in total. The second-order valence-electron chi connectivity index (χ2n) is 1.11. The molecule has 3 heteroatoms. The summed E-state index contributed by atoms with van der Waals surface area (Å²) in [6, 6.07) is 0. The first-order valence-corrected chi connectivity index (χ1v) is 1.71. The van der Waals surface area contributed by atoms with Crippen LogP contribution in [0.3, 0.4) is 0 Å². The zero-order valence-corrected chi connectivity index (χ0v) is 3.53. The van der Waals surface area contributed by atoms with E-state index in [-0.39, 0.29) is 0 Å². The molecule has 0 saturated carbocycles. The molecule has 28 valence electrons. The topological polar surface area (TPSA) is 24.7 Å². The first-order valence-electron chi connectivity index (χ1n) is 1.34. The Morgan fingerprint density at radius 3 is 1.80 bits per heavy atom. The van der Waals surface area contributed by atoms with Crippen molar-refractivity contribution in [3.63, 3.8) is 0 Å². The van der Waals surface area contributed by atoms with Gasteiger partial charge < -0.3 is 0 Å². The molecule has 0 unspecified atom stereocenters. The molecule has 2 nitrogen and oxygen atoms in total. The average Bonchev–Trinajstić information content (AvgIpc) is 1.76. The second-order valence-corrected chi connectivity index (χ2v) is 1.82. The monoisotopic (exact) mass is 90.0 g/mol. The van der Waals surface area contributed by atoms with Gasteiger partial charge >= 0.3 is 0 Å². The summed E-state index contributed by atoms with van der Waals surface area (Å²) in [6.07, 6.45) is 0. The SMILES string of the molecule is CC1(Cl)N=N1. The zero-order chi connectivity index (χ0) is 3.91. The minimum atomic E-state index is -0.528. The number of hydrogen-bond donors (Lipinski definition) is 0. The van der Waals surface area contributed by atoms with Crippen molar-refractivity contribution in [3.05, 3.63) is 0 Å². The number of nitrogens with zero attached hydrogens (tertiary/aromatic N) is 2. The van der Waals surface area contributed by atoms with Crippen LogP contribution in [0.1, 0.15) is 6.92 Å². The lowest BCUT2D eigenvalue weighted by Crippen LogP contribution is -1.84. The standard InChI is InChI=1S/C2H3ClN2/c1-2(3)4-5-2/h1H3.